The van der Waals surface area contributed by atoms with Gasteiger partial charge in [-0.05, 0) is 30.2 Å². The van der Waals surface area contributed by atoms with Crippen molar-refractivity contribution in [2.45, 2.75) is 19.9 Å². The average molecular weight is 326 g/mol. The minimum absolute atomic E-state index is 0.0531. The molecule has 5 nitrogen and oxygen atoms in total. The fourth-order valence-electron chi connectivity index (χ4n) is 2.43. The van der Waals surface area contributed by atoms with Crippen LogP contribution in [0.4, 0.5) is 5.82 Å². The first-order chi connectivity index (χ1) is 11.1. The highest BCUT2D eigenvalue weighted by Crippen LogP contribution is 2.26. The Morgan fingerprint density at radius 1 is 1.17 bits per heavy atom. The van der Waals surface area contributed by atoms with Gasteiger partial charge in [0.25, 0.3) is 0 Å². The number of anilines is 1. The molecule has 0 radical (unpaired) electrons. The number of pyridine rings is 1. The van der Waals surface area contributed by atoms with Crippen molar-refractivity contribution >= 4 is 28.5 Å². The molecule has 3 aromatic rings. The van der Waals surface area contributed by atoms with Gasteiger partial charge in [-0.1, -0.05) is 37.6 Å². The molecule has 3 rings (SSSR count). The summed E-state index contributed by atoms with van der Waals surface area (Å²) < 4.78 is 0. The SMILES string of the molecule is CC(C)[C@@H](Nc1ccc(Cl)c(C#N)n1)c1nc2ccccc2[nH]1. The summed E-state index contributed by atoms with van der Waals surface area (Å²) in [5.74, 6) is 1.72. The van der Waals surface area contributed by atoms with Gasteiger partial charge in [-0.15, -0.1) is 0 Å². The molecule has 2 N–H and O–H groups in total. The van der Waals surface area contributed by atoms with Crippen LogP contribution in [0, 0.1) is 17.2 Å². The highest BCUT2D eigenvalue weighted by atomic mass is 35.5. The van der Waals surface area contributed by atoms with Crippen molar-refractivity contribution in [3.8, 4) is 6.07 Å². The van der Waals surface area contributed by atoms with E-state index < -0.39 is 0 Å². The van der Waals surface area contributed by atoms with Crippen molar-refractivity contribution in [1.82, 2.24) is 15.0 Å². The number of hydrogen-bond acceptors (Lipinski definition) is 4. The van der Waals surface area contributed by atoms with Crippen molar-refractivity contribution < 1.29 is 0 Å². The summed E-state index contributed by atoms with van der Waals surface area (Å²) in [6.45, 7) is 4.21. The molecular formula is C17H16ClN5. The molecule has 0 spiro atoms. The Kier molecular flexibility index (Phi) is 4.18. The van der Waals surface area contributed by atoms with Crippen LogP contribution in [-0.4, -0.2) is 15.0 Å². The third kappa shape index (κ3) is 3.13. The molecule has 2 heterocycles. The molecule has 0 aliphatic heterocycles. The summed E-state index contributed by atoms with van der Waals surface area (Å²) in [5.41, 5.74) is 2.14. The first-order valence-corrected chi connectivity index (χ1v) is 7.74. The summed E-state index contributed by atoms with van der Waals surface area (Å²) in [7, 11) is 0. The van der Waals surface area contributed by atoms with E-state index in [1.165, 1.54) is 0 Å². The van der Waals surface area contributed by atoms with Crippen LogP contribution in [0.5, 0.6) is 0 Å². The van der Waals surface area contributed by atoms with Crippen molar-refractivity contribution in [2.75, 3.05) is 5.32 Å². The summed E-state index contributed by atoms with van der Waals surface area (Å²) in [6.07, 6.45) is 0. The maximum Gasteiger partial charge on any atom is 0.161 e. The molecule has 0 fully saturated rings. The minimum Gasteiger partial charge on any atom is -0.360 e. The number of halogens is 1. The van der Waals surface area contributed by atoms with Gasteiger partial charge in [0.1, 0.15) is 17.7 Å². The number of rotatable bonds is 4. The quantitative estimate of drug-likeness (QED) is 0.750. The van der Waals surface area contributed by atoms with Gasteiger partial charge in [-0.3, -0.25) is 0 Å². The van der Waals surface area contributed by atoms with Gasteiger partial charge in [0.05, 0.1) is 22.1 Å². The standard InChI is InChI=1S/C17H16ClN5/c1-10(2)16(17-21-12-5-3-4-6-13(12)22-17)23-15-8-7-11(18)14(9-19)20-15/h3-8,10,16H,1-2H3,(H,20,23)(H,21,22)/t16-/m1/s1. The van der Waals surface area contributed by atoms with Crippen LogP contribution in [0.2, 0.25) is 5.02 Å². The Morgan fingerprint density at radius 3 is 2.65 bits per heavy atom. The molecule has 1 atom stereocenters. The maximum atomic E-state index is 9.06. The van der Waals surface area contributed by atoms with Crippen LogP contribution in [0.15, 0.2) is 36.4 Å². The van der Waals surface area contributed by atoms with Gasteiger partial charge in [0, 0.05) is 0 Å². The Labute approximate surface area is 139 Å². The molecule has 0 aliphatic rings. The second-order valence-corrected chi connectivity index (χ2v) is 6.05. The van der Waals surface area contributed by atoms with Crippen LogP contribution in [0.3, 0.4) is 0 Å². The number of benzene rings is 1. The smallest absolute Gasteiger partial charge is 0.161 e. The molecule has 0 saturated heterocycles. The Bertz CT molecular complexity index is 845. The molecule has 0 unspecified atom stereocenters. The Balaban J connectivity index is 1.95. The fourth-order valence-corrected chi connectivity index (χ4v) is 2.58. The largest absolute Gasteiger partial charge is 0.360 e. The molecule has 0 aliphatic carbocycles. The zero-order valence-corrected chi connectivity index (χ0v) is 13.6. The molecule has 2 aromatic heterocycles. The zero-order valence-electron chi connectivity index (χ0n) is 12.8. The highest BCUT2D eigenvalue weighted by Gasteiger charge is 2.20. The molecule has 116 valence electrons. The normalized spacial score (nSPS) is 12.3. The van der Waals surface area contributed by atoms with E-state index in [1.54, 1.807) is 12.1 Å². The number of aromatic nitrogens is 3. The lowest BCUT2D eigenvalue weighted by atomic mass is 10.0. The second kappa shape index (κ2) is 6.27. The van der Waals surface area contributed by atoms with E-state index in [-0.39, 0.29) is 17.7 Å². The van der Waals surface area contributed by atoms with E-state index in [0.717, 1.165) is 16.9 Å². The molecule has 6 heteroatoms. The Morgan fingerprint density at radius 2 is 1.96 bits per heavy atom. The lowest BCUT2D eigenvalue weighted by molar-refractivity contribution is 0.525. The number of aromatic amines is 1. The third-order valence-corrected chi connectivity index (χ3v) is 3.93. The van der Waals surface area contributed by atoms with Crippen LogP contribution < -0.4 is 5.32 Å². The monoisotopic (exact) mass is 325 g/mol. The predicted octanol–water partition coefficient (Wildman–Crippen LogP) is 4.29. The van der Waals surface area contributed by atoms with Gasteiger partial charge in [0.2, 0.25) is 0 Å². The summed E-state index contributed by atoms with van der Waals surface area (Å²) in [6, 6.07) is 13.3. The molecular weight excluding hydrogens is 310 g/mol. The first kappa shape index (κ1) is 15.3. The second-order valence-electron chi connectivity index (χ2n) is 5.64. The molecule has 0 amide bonds. The fraction of sp³-hybridized carbons (Fsp3) is 0.235. The minimum atomic E-state index is -0.0531. The van der Waals surface area contributed by atoms with Crippen molar-refractivity contribution in [2.24, 2.45) is 5.92 Å². The predicted molar refractivity (Wildman–Crippen MR) is 91.3 cm³/mol. The van der Waals surface area contributed by atoms with Gasteiger partial charge in [-0.25, -0.2) is 9.97 Å². The average Bonchev–Trinajstić information content (AvgIpc) is 2.97. The topological polar surface area (TPSA) is 77.4 Å². The summed E-state index contributed by atoms with van der Waals surface area (Å²) >= 11 is 5.93. The van der Waals surface area contributed by atoms with E-state index in [4.69, 9.17) is 16.9 Å². The number of para-hydroxylation sites is 2. The first-order valence-electron chi connectivity index (χ1n) is 7.36. The van der Waals surface area contributed by atoms with Crippen LogP contribution >= 0.6 is 11.6 Å². The molecule has 1 aromatic carbocycles. The number of imidazole rings is 1. The number of fused-ring (bicyclic) bond motifs is 1. The van der Waals surface area contributed by atoms with Gasteiger partial charge >= 0.3 is 0 Å². The number of nitrogens with zero attached hydrogens (tertiary/aromatic N) is 3. The van der Waals surface area contributed by atoms with Crippen LogP contribution in [0.1, 0.15) is 31.4 Å². The van der Waals surface area contributed by atoms with Gasteiger partial charge in [0.15, 0.2) is 5.69 Å². The van der Waals surface area contributed by atoms with Crippen molar-refractivity contribution in [1.29, 1.82) is 5.26 Å². The van der Waals surface area contributed by atoms with Crippen molar-refractivity contribution in [3.63, 3.8) is 0 Å². The van der Waals surface area contributed by atoms with E-state index in [9.17, 15) is 0 Å². The van der Waals surface area contributed by atoms with E-state index in [1.807, 2.05) is 30.3 Å². The Hall–Kier alpha value is -2.58. The summed E-state index contributed by atoms with van der Waals surface area (Å²) in [5, 5.41) is 12.7. The van der Waals surface area contributed by atoms with E-state index in [0.29, 0.717) is 10.8 Å². The molecule has 0 bridgehead atoms. The van der Waals surface area contributed by atoms with Gasteiger partial charge < -0.3 is 10.3 Å². The highest BCUT2D eigenvalue weighted by molar-refractivity contribution is 6.31. The van der Waals surface area contributed by atoms with Crippen LogP contribution in [0.25, 0.3) is 11.0 Å². The van der Waals surface area contributed by atoms with Crippen molar-refractivity contribution in [3.05, 3.63) is 52.9 Å². The maximum absolute atomic E-state index is 9.06. The lowest BCUT2D eigenvalue weighted by Gasteiger charge is -2.21. The number of nitriles is 1. The molecule has 23 heavy (non-hydrogen) atoms. The van der Waals surface area contributed by atoms with Gasteiger partial charge in [-0.2, -0.15) is 5.26 Å². The summed E-state index contributed by atoms with van der Waals surface area (Å²) in [4.78, 5) is 12.2. The lowest BCUT2D eigenvalue weighted by Crippen LogP contribution is -2.19. The van der Waals surface area contributed by atoms with E-state index >= 15 is 0 Å². The number of nitrogens with one attached hydrogen (secondary N) is 2. The van der Waals surface area contributed by atoms with Crippen LogP contribution in [-0.2, 0) is 0 Å². The zero-order chi connectivity index (χ0) is 16.4. The number of hydrogen-bond donors (Lipinski definition) is 2. The third-order valence-electron chi connectivity index (χ3n) is 3.62. The van der Waals surface area contributed by atoms with E-state index in [2.05, 4.69) is 34.1 Å². The number of H-pyrrole nitrogens is 1. The molecule has 0 saturated carbocycles.